The average molecular weight is 327 g/mol. The zero-order valence-corrected chi connectivity index (χ0v) is 14.5. The average Bonchev–Trinajstić information content (AvgIpc) is 2.59. The number of anilines is 1. The fourth-order valence-electron chi connectivity index (χ4n) is 2.30. The summed E-state index contributed by atoms with van der Waals surface area (Å²) in [5, 5.41) is 6.13. The molecule has 0 radical (unpaired) electrons. The Labute approximate surface area is 143 Å². The van der Waals surface area contributed by atoms with Crippen LogP contribution in [0.5, 0.6) is 5.75 Å². The highest BCUT2D eigenvalue weighted by molar-refractivity contribution is 5.94. The van der Waals surface area contributed by atoms with Crippen molar-refractivity contribution >= 4 is 11.7 Å². The van der Waals surface area contributed by atoms with Crippen LogP contribution in [-0.2, 0) is 6.42 Å². The van der Waals surface area contributed by atoms with Gasteiger partial charge in [-0.1, -0.05) is 12.1 Å². The predicted octanol–water partition coefficient (Wildman–Crippen LogP) is 3.27. The molecule has 0 fully saturated rings. The highest BCUT2D eigenvalue weighted by Crippen LogP contribution is 2.12. The number of rotatable bonds is 8. The summed E-state index contributed by atoms with van der Waals surface area (Å²) >= 11 is 0. The number of aryl methyl sites for hydroxylation is 1. The minimum atomic E-state index is -0.0895. The van der Waals surface area contributed by atoms with E-state index in [-0.39, 0.29) is 5.91 Å². The molecule has 0 saturated carbocycles. The molecule has 24 heavy (non-hydrogen) atoms. The summed E-state index contributed by atoms with van der Waals surface area (Å²) in [4.78, 5) is 16.3. The summed E-state index contributed by atoms with van der Waals surface area (Å²) in [6.07, 6.45) is 3.40. The second-order valence-corrected chi connectivity index (χ2v) is 5.94. The standard InChI is InChI=1S/C19H25N3O2/c1-14(2)22-18-11-8-16(13-21-18)19(23)20-12-4-5-15-6-9-17(24-3)10-7-15/h6-11,13-14H,4-5,12H2,1-3H3,(H,20,23)(H,21,22). The maximum absolute atomic E-state index is 12.1. The van der Waals surface area contributed by atoms with Crippen molar-refractivity contribution in [2.24, 2.45) is 0 Å². The lowest BCUT2D eigenvalue weighted by Crippen LogP contribution is -2.25. The number of amides is 1. The molecule has 1 amide bonds. The first-order chi connectivity index (χ1) is 11.6. The van der Waals surface area contributed by atoms with Crippen LogP contribution in [0.3, 0.4) is 0 Å². The number of pyridine rings is 1. The largest absolute Gasteiger partial charge is 0.497 e. The number of hydrogen-bond donors (Lipinski definition) is 2. The lowest BCUT2D eigenvalue weighted by atomic mass is 10.1. The van der Waals surface area contributed by atoms with E-state index < -0.39 is 0 Å². The molecule has 1 aromatic heterocycles. The Bertz CT molecular complexity index is 637. The van der Waals surface area contributed by atoms with Crippen LogP contribution in [0, 0.1) is 0 Å². The summed E-state index contributed by atoms with van der Waals surface area (Å²) in [7, 11) is 1.66. The fourth-order valence-corrected chi connectivity index (χ4v) is 2.30. The van der Waals surface area contributed by atoms with Crippen LogP contribution in [0.15, 0.2) is 42.6 Å². The van der Waals surface area contributed by atoms with Gasteiger partial charge in [-0.25, -0.2) is 4.98 Å². The molecule has 0 aliphatic heterocycles. The van der Waals surface area contributed by atoms with Crippen molar-refractivity contribution in [3.8, 4) is 5.75 Å². The minimum absolute atomic E-state index is 0.0895. The van der Waals surface area contributed by atoms with Gasteiger partial charge in [0.15, 0.2) is 0 Å². The molecule has 128 valence electrons. The van der Waals surface area contributed by atoms with E-state index in [4.69, 9.17) is 4.74 Å². The third-order valence-electron chi connectivity index (χ3n) is 3.55. The van der Waals surface area contributed by atoms with Crippen LogP contribution >= 0.6 is 0 Å². The maximum atomic E-state index is 12.1. The van der Waals surface area contributed by atoms with Gasteiger partial charge in [-0.3, -0.25) is 4.79 Å². The normalized spacial score (nSPS) is 10.5. The number of aromatic nitrogens is 1. The lowest BCUT2D eigenvalue weighted by Gasteiger charge is -2.09. The maximum Gasteiger partial charge on any atom is 0.252 e. The molecule has 0 aliphatic rings. The van der Waals surface area contributed by atoms with Gasteiger partial charge in [-0.2, -0.15) is 0 Å². The van der Waals surface area contributed by atoms with Gasteiger partial charge >= 0.3 is 0 Å². The number of benzene rings is 1. The van der Waals surface area contributed by atoms with Gasteiger partial charge < -0.3 is 15.4 Å². The summed E-state index contributed by atoms with van der Waals surface area (Å²) in [6, 6.07) is 11.9. The molecular formula is C19H25N3O2. The SMILES string of the molecule is COc1ccc(CCCNC(=O)c2ccc(NC(C)C)nc2)cc1. The number of methoxy groups -OCH3 is 1. The minimum Gasteiger partial charge on any atom is -0.497 e. The predicted molar refractivity (Wildman–Crippen MR) is 96.6 cm³/mol. The zero-order valence-electron chi connectivity index (χ0n) is 14.5. The molecule has 1 aromatic carbocycles. The second-order valence-electron chi connectivity index (χ2n) is 5.94. The number of hydrogen-bond acceptors (Lipinski definition) is 4. The number of carbonyl (C=O) groups is 1. The molecule has 0 atom stereocenters. The van der Waals surface area contributed by atoms with Crippen LogP contribution in [0.1, 0.15) is 36.2 Å². The van der Waals surface area contributed by atoms with Gasteiger partial charge in [0.2, 0.25) is 0 Å². The number of nitrogens with one attached hydrogen (secondary N) is 2. The van der Waals surface area contributed by atoms with E-state index in [0.29, 0.717) is 18.2 Å². The van der Waals surface area contributed by atoms with E-state index in [1.807, 2.05) is 44.2 Å². The van der Waals surface area contributed by atoms with Crippen LogP contribution in [0.2, 0.25) is 0 Å². The van der Waals surface area contributed by atoms with Crippen molar-refractivity contribution in [3.63, 3.8) is 0 Å². The highest BCUT2D eigenvalue weighted by atomic mass is 16.5. The fraction of sp³-hybridized carbons (Fsp3) is 0.368. The molecule has 1 heterocycles. The molecular weight excluding hydrogens is 302 g/mol. The van der Waals surface area contributed by atoms with Crippen LogP contribution < -0.4 is 15.4 Å². The molecule has 2 rings (SSSR count). The van der Waals surface area contributed by atoms with Gasteiger partial charge in [-0.05, 0) is 56.5 Å². The van der Waals surface area contributed by atoms with Crippen molar-refractivity contribution in [1.82, 2.24) is 10.3 Å². The topological polar surface area (TPSA) is 63.2 Å². The first-order valence-electron chi connectivity index (χ1n) is 8.22. The molecule has 0 aliphatic carbocycles. The Balaban J connectivity index is 1.74. The zero-order chi connectivity index (χ0) is 17.4. The Kier molecular flexibility index (Phi) is 6.61. The van der Waals surface area contributed by atoms with E-state index in [0.717, 1.165) is 24.4 Å². The van der Waals surface area contributed by atoms with Gasteiger partial charge in [-0.15, -0.1) is 0 Å². The van der Waals surface area contributed by atoms with Gasteiger partial charge in [0.1, 0.15) is 11.6 Å². The lowest BCUT2D eigenvalue weighted by molar-refractivity contribution is 0.0953. The van der Waals surface area contributed by atoms with Gasteiger partial charge in [0.25, 0.3) is 5.91 Å². The molecule has 2 aromatic rings. The monoisotopic (exact) mass is 327 g/mol. The summed E-state index contributed by atoms with van der Waals surface area (Å²) < 4.78 is 5.14. The summed E-state index contributed by atoms with van der Waals surface area (Å²) in [5.41, 5.74) is 1.81. The quantitative estimate of drug-likeness (QED) is 0.731. The Morgan fingerprint density at radius 2 is 1.92 bits per heavy atom. The van der Waals surface area contributed by atoms with Crippen molar-refractivity contribution in [2.45, 2.75) is 32.7 Å². The van der Waals surface area contributed by atoms with E-state index in [9.17, 15) is 4.79 Å². The smallest absolute Gasteiger partial charge is 0.252 e. The molecule has 0 unspecified atom stereocenters. The molecule has 5 heteroatoms. The highest BCUT2D eigenvalue weighted by Gasteiger charge is 2.06. The van der Waals surface area contributed by atoms with Gasteiger partial charge in [0, 0.05) is 18.8 Å². The molecule has 0 spiro atoms. The van der Waals surface area contributed by atoms with Crippen LogP contribution in [0.4, 0.5) is 5.82 Å². The van der Waals surface area contributed by atoms with Gasteiger partial charge in [0.05, 0.1) is 12.7 Å². The Morgan fingerprint density at radius 3 is 2.50 bits per heavy atom. The number of carbonyl (C=O) groups excluding carboxylic acids is 1. The van der Waals surface area contributed by atoms with E-state index in [1.165, 1.54) is 5.56 Å². The number of ether oxygens (including phenoxy) is 1. The Morgan fingerprint density at radius 1 is 1.17 bits per heavy atom. The van der Waals surface area contributed by atoms with Crippen molar-refractivity contribution in [3.05, 3.63) is 53.7 Å². The Hall–Kier alpha value is -2.56. The van der Waals surface area contributed by atoms with Crippen LogP contribution in [0.25, 0.3) is 0 Å². The molecule has 0 bridgehead atoms. The first kappa shape index (κ1) is 17.8. The van der Waals surface area contributed by atoms with E-state index in [2.05, 4.69) is 15.6 Å². The second kappa shape index (κ2) is 8.91. The van der Waals surface area contributed by atoms with Crippen molar-refractivity contribution in [2.75, 3.05) is 19.0 Å². The van der Waals surface area contributed by atoms with Crippen molar-refractivity contribution < 1.29 is 9.53 Å². The molecule has 0 saturated heterocycles. The number of nitrogens with zero attached hydrogens (tertiary/aromatic N) is 1. The summed E-state index contributed by atoms with van der Waals surface area (Å²) in [6.45, 7) is 4.73. The van der Waals surface area contributed by atoms with E-state index >= 15 is 0 Å². The van der Waals surface area contributed by atoms with Crippen molar-refractivity contribution in [1.29, 1.82) is 0 Å². The third-order valence-corrected chi connectivity index (χ3v) is 3.55. The summed E-state index contributed by atoms with van der Waals surface area (Å²) in [5.74, 6) is 1.55. The van der Waals surface area contributed by atoms with Crippen LogP contribution in [-0.4, -0.2) is 30.6 Å². The molecule has 5 nitrogen and oxygen atoms in total. The molecule has 2 N–H and O–H groups in total. The first-order valence-corrected chi connectivity index (χ1v) is 8.22. The van der Waals surface area contributed by atoms with E-state index in [1.54, 1.807) is 19.4 Å². The third kappa shape index (κ3) is 5.57.